The minimum atomic E-state index is -0.422. The molecule has 0 fully saturated rings. The molecule has 1 amide bonds. The summed E-state index contributed by atoms with van der Waals surface area (Å²) in [6.45, 7) is 0. The standard InChI is InChI=1S/C15H15N5O3/c16-14(20-23)10-5-1-4-8-13(10)19-15(21)11-6-2-3-7-12(11)17-9-18-22/h1-9,22-23H,(H2,16,20)(H,17,18)(H,19,21). The SMILES string of the molecule is N/C(=N/O)c1ccccc1NC(=O)c1ccccc1N=CNO. The molecular weight excluding hydrogens is 298 g/mol. The van der Waals surface area contributed by atoms with Crippen LogP contribution in [-0.2, 0) is 0 Å². The van der Waals surface area contributed by atoms with Gasteiger partial charge < -0.3 is 16.3 Å². The van der Waals surface area contributed by atoms with E-state index in [1.165, 1.54) is 0 Å². The summed E-state index contributed by atoms with van der Waals surface area (Å²) in [5, 5.41) is 23.0. The topological polar surface area (TPSA) is 132 Å². The number of nitrogens with two attached hydrogens (primary N) is 1. The number of hydrogen-bond donors (Lipinski definition) is 5. The van der Waals surface area contributed by atoms with Crippen molar-refractivity contribution < 1.29 is 15.2 Å². The fraction of sp³-hybridized carbons (Fsp3) is 0. The van der Waals surface area contributed by atoms with E-state index in [0.717, 1.165) is 6.34 Å². The molecule has 0 saturated carbocycles. The largest absolute Gasteiger partial charge is 0.409 e. The molecule has 0 aliphatic rings. The molecule has 0 atom stereocenters. The highest BCUT2D eigenvalue weighted by Gasteiger charge is 2.13. The average Bonchev–Trinajstić information content (AvgIpc) is 2.60. The smallest absolute Gasteiger partial charge is 0.257 e. The number of anilines is 1. The number of carbonyl (C=O) groups excluding carboxylic acids is 1. The van der Waals surface area contributed by atoms with Crippen LogP contribution in [0.15, 0.2) is 58.7 Å². The molecular formula is C15H15N5O3. The summed E-state index contributed by atoms with van der Waals surface area (Å²) in [4.78, 5) is 16.4. The Morgan fingerprint density at radius 1 is 1.09 bits per heavy atom. The first-order valence-electron chi connectivity index (χ1n) is 6.57. The predicted octanol–water partition coefficient (Wildman–Crippen LogP) is 1.67. The number of amidine groups is 1. The number of carbonyl (C=O) groups is 1. The van der Waals surface area contributed by atoms with Gasteiger partial charge in [-0.2, -0.15) is 0 Å². The van der Waals surface area contributed by atoms with E-state index < -0.39 is 5.91 Å². The minimum absolute atomic E-state index is 0.114. The van der Waals surface area contributed by atoms with E-state index in [4.69, 9.17) is 16.1 Å². The summed E-state index contributed by atoms with van der Waals surface area (Å²) in [5.41, 5.74) is 8.83. The third-order valence-electron chi connectivity index (χ3n) is 2.97. The number of hydroxylamine groups is 1. The van der Waals surface area contributed by atoms with Crippen LogP contribution < -0.4 is 16.5 Å². The number of aliphatic imine (C=N–C) groups is 1. The van der Waals surface area contributed by atoms with E-state index in [0.29, 0.717) is 22.5 Å². The van der Waals surface area contributed by atoms with Crippen molar-refractivity contribution in [3.05, 3.63) is 59.7 Å². The molecule has 0 bridgehead atoms. The number of oxime groups is 1. The van der Waals surface area contributed by atoms with Gasteiger partial charge in [-0.1, -0.05) is 29.4 Å². The van der Waals surface area contributed by atoms with Crippen LogP contribution in [0, 0.1) is 0 Å². The molecule has 0 aliphatic carbocycles. The van der Waals surface area contributed by atoms with E-state index in [2.05, 4.69) is 15.5 Å². The van der Waals surface area contributed by atoms with E-state index >= 15 is 0 Å². The third-order valence-corrected chi connectivity index (χ3v) is 2.97. The van der Waals surface area contributed by atoms with E-state index in [1.54, 1.807) is 54.0 Å². The second kappa shape index (κ2) is 7.57. The van der Waals surface area contributed by atoms with Gasteiger partial charge in [0.1, 0.15) is 6.34 Å². The summed E-state index contributed by atoms with van der Waals surface area (Å²) in [5.74, 6) is -0.537. The first kappa shape index (κ1) is 16.0. The first-order chi connectivity index (χ1) is 11.2. The zero-order valence-corrected chi connectivity index (χ0v) is 12.0. The maximum absolute atomic E-state index is 12.5. The quantitative estimate of drug-likeness (QED) is 0.248. The van der Waals surface area contributed by atoms with Crippen molar-refractivity contribution in [1.82, 2.24) is 5.48 Å². The van der Waals surface area contributed by atoms with Gasteiger partial charge in [-0.05, 0) is 24.3 Å². The monoisotopic (exact) mass is 313 g/mol. The molecule has 0 radical (unpaired) electrons. The van der Waals surface area contributed by atoms with Gasteiger partial charge in [-0.15, -0.1) is 0 Å². The van der Waals surface area contributed by atoms with Crippen molar-refractivity contribution in [1.29, 1.82) is 0 Å². The highest BCUT2D eigenvalue weighted by molar-refractivity contribution is 6.11. The van der Waals surface area contributed by atoms with Crippen LogP contribution in [0.25, 0.3) is 0 Å². The van der Waals surface area contributed by atoms with Crippen molar-refractivity contribution in [2.75, 3.05) is 5.32 Å². The molecule has 0 heterocycles. The number of rotatable bonds is 5. The van der Waals surface area contributed by atoms with Crippen LogP contribution >= 0.6 is 0 Å². The number of nitrogens with zero attached hydrogens (tertiary/aromatic N) is 2. The molecule has 0 aromatic heterocycles. The number of amides is 1. The lowest BCUT2D eigenvalue weighted by atomic mass is 10.1. The fourth-order valence-electron chi connectivity index (χ4n) is 1.94. The van der Waals surface area contributed by atoms with Gasteiger partial charge in [0.15, 0.2) is 5.84 Å². The van der Waals surface area contributed by atoms with Gasteiger partial charge in [0.05, 0.1) is 16.9 Å². The highest BCUT2D eigenvalue weighted by Crippen LogP contribution is 2.21. The second-order valence-corrected chi connectivity index (χ2v) is 4.39. The summed E-state index contributed by atoms with van der Waals surface area (Å²) < 4.78 is 0. The molecule has 118 valence electrons. The summed E-state index contributed by atoms with van der Waals surface area (Å²) in [6.07, 6.45) is 1.05. The lowest BCUT2D eigenvalue weighted by Crippen LogP contribution is -2.19. The summed E-state index contributed by atoms with van der Waals surface area (Å²) in [6, 6.07) is 13.3. The van der Waals surface area contributed by atoms with Gasteiger partial charge in [0.25, 0.3) is 5.91 Å². The molecule has 8 nitrogen and oxygen atoms in total. The molecule has 6 N–H and O–H groups in total. The first-order valence-corrected chi connectivity index (χ1v) is 6.57. The number of nitrogens with one attached hydrogen (secondary N) is 2. The van der Waals surface area contributed by atoms with Crippen LogP contribution in [-0.4, -0.2) is 28.5 Å². The zero-order chi connectivity index (χ0) is 16.7. The molecule has 0 spiro atoms. The molecule has 0 aliphatic heterocycles. The Bertz CT molecular complexity index is 758. The number of para-hydroxylation sites is 2. The Morgan fingerprint density at radius 3 is 2.43 bits per heavy atom. The van der Waals surface area contributed by atoms with Gasteiger partial charge in [-0.3, -0.25) is 15.5 Å². The Labute approximate surface area is 131 Å². The van der Waals surface area contributed by atoms with Crippen molar-refractivity contribution >= 4 is 29.5 Å². The maximum atomic E-state index is 12.5. The van der Waals surface area contributed by atoms with Crippen molar-refractivity contribution in [2.24, 2.45) is 15.9 Å². The summed E-state index contributed by atoms with van der Waals surface area (Å²) in [7, 11) is 0. The number of hydrogen-bond acceptors (Lipinski definition) is 5. The maximum Gasteiger partial charge on any atom is 0.257 e. The van der Waals surface area contributed by atoms with Crippen LogP contribution in [0.3, 0.4) is 0 Å². The van der Waals surface area contributed by atoms with E-state index in [9.17, 15) is 4.79 Å². The van der Waals surface area contributed by atoms with E-state index in [-0.39, 0.29) is 5.84 Å². The second-order valence-electron chi connectivity index (χ2n) is 4.39. The molecule has 2 rings (SSSR count). The molecule has 0 unspecified atom stereocenters. The predicted molar refractivity (Wildman–Crippen MR) is 86.4 cm³/mol. The van der Waals surface area contributed by atoms with Gasteiger partial charge in [0, 0.05) is 5.56 Å². The van der Waals surface area contributed by atoms with Crippen LogP contribution in [0.5, 0.6) is 0 Å². The van der Waals surface area contributed by atoms with Crippen LogP contribution in [0.4, 0.5) is 11.4 Å². The Balaban J connectivity index is 2.33. The Hall–Kier alpha value is -3.39. The average molecular weight is 313 g/mol. The fourth-order valence-corrected chi connectivity index (χ4v) is 1.94. The van der Waals surface area contributed by atoms with Crippen molar-refractivity contribution in [2.45, 2.75) is 0 Å². The zero-order valence-electron chi connectivity index (χ0n) is 12.0. The van der Waals surface area contributed by atoms with Gasteiger partial charge >= 0.3 is 0 Å². The molecule has 2 aromatic rings. The lowest BCUT2D eigenvalue weighted by molar-refractivity contribution is 0.102. The molecule has 23 heavy (non-hydrogen) atoms. The Morgan fingerprint density at radius 2 is 1.74 bits per heavy atom. The molecule has 8 heteroatoms. The van der Waals surface area contributed by atoms with Crippen LogP contribution in [0.1, 0.15) is 15.9 Å². The molecule has 0 saturated heterocycles. The van der Waals surface area contributed by atoms with E-state index in [1.807, 2.05) is 0 Å². The minimum Gasteiger partial charge on any atom is -0.409 e. The van der Waals surface area contributed by atoms with Crippen molar-refractivity contribution in [3.8, 4) is 0 Å². The normalized spacial score (nSPS) is 11.4. The third kappa shape index (κ3) is 3.83. The summed E-state index contributed by atoms with van der Waals surface area (Å²) >= 11 is 0. The van der Waals surface area contributed by atoms with Gasteiger partial charge in [-0.25, -0.2) is 4.99 Å². The van der Waals surface area contributed by atoms with Crippen LogP contribution in [0.2, 0.25) is 0 Å². The number of benzene rings is 2. The molecule has 2 aromatic carbocycles. The highest BCUT2D eigenvalue weighted by atomic mass is 16.5. The van der Waals surface area contributed by atoms with Gasteiger partial charge in [0.2, 0.25) is 0 Å². The van der Waals surface area contributed by atoms with Crippen molar-refractivity contribution in [3.63, 3.8) is 0 Å². The Kier molecular flexibility index (Phi) is 5.26. The lowest BCUT2D eigenvalue weighted by Gasteiger charge is -2.11.